The van der Waals surface area contributed by atoms with E-state index in [0.717, 1.165) is 62.1 Å². The molecule has 2 unspecified atom stereocenters. The van der Waals surface area contributed by atoms with Crippen LogP contribution < -0.4 is 14.9 Å². The van der Waals surface area contributed by atoms with Crippen LogP contribution in [0.2, 0.25) is 0 Å². The standard InChI is InChI=1S/C42H57N3O7/c1-9-13-21-44(22-14-10-2)40(47)50-38-35-33(52-42(5,6)39(38)51-41(48)45(23-15-11-3)24-16-12-4)27-32(49-8)34-36(35)43(7)31-26-29-20-18-17-19-28(29)25-30(31)37(34)46/h17-20,25-27,38-39H,9-16,21-24H2,1-8H3. The van der Waals surface area contributed by atoms with Crippen molar-refractivity contribution in [3.63, 3.8) is 0 Å². The molecular formula is C42H57N3O7. The van der Waals surface area contributed by atoms with Crippen molar-refractivity contribution in [2.75, 3.05) is 33.3 Å². The maximum absolute atomic E-state index is 14.6. The molecule has 3 aromatic carbocycles. The minimum Gasteiger partial charge on any atom is -0.496 e. The Labute approximate surface area is 307 Å². The summed E-state index contributed by atoms with van der Waals surface area (Å²) in [7, 11) is 3.42. The van der Waals surface area contributed by atoms with E-state index in [-0.39, 0.29) is 5.43 Å². The highest BCUT2D eigenvalue weighted by atomic mass is 16.6. The molecule has 1 aliphatic rings. The van der Waals surface area contributed by atoms with Gasteiger partial charge in [0, 0.05) is 44.7 Å². The van der Waals surface area contributed by atoms with Crippen molar-refractivity contribution in [1.29, 1.82) is 0 Å². The molecule has 0 saturated heterocycles. The maximum atomic E-state index is 14.6. The predicted octanol–water partition coefficient (Wildman–Crippen LogP) is 9.51. The van der Waals surface area contributed by atoms with Gasteiger partial charge in [-0.15, -0.1) is 0 Å². The topological polar surface area (TPSA) is 99.5 Å². The van der Waals surface area contributed by atoms with Crippen LogP contribution in [0.4, 0.5) is 9.59 Å². The van der Waals surface area contributed by atoms with Gasteiger partial charge in [0.1, 0.15) is 17.1 Å². The summed E-state index contributed by atoms with van der Waals surface area (Å²) in [5.41, 5.74) is 0.328. The summed E-state index contributed by atoms with van der Waals surface area (Å²) < 4.78 is 27.6. The largest absolute Gasteiger partial charge is 0.496 e. The fourth-order valence-electron chi connectivity index (χ4n) is 7.20. The maximum Gasteiger partial charge on any atom is 0.410 e. The van der Waals surface area contributed by atoms with Gasteiger partial charge in [-0.2, -0.15) is 0 Å². The molecule has 10 nitrogen and oxygen atoms in total. The third-order valence-electron chi connectivity index (χ3n) is 10.2. The summed E-state index contributed by atoms with van der Waals surface area (Å²) in [6.07, 6.45) is 3.90. The van der Waals surface area contributed by atoms with E-state index in [4.69, 9.17) is 18.9 Å². The molecule has 2 heterocycles. The highest BCUT2D eigenvalue weighted by molar-refractivity contribution is 6.04. The summed E-state index contributed by atoms with van der Waals surface area (Å²) in [6.45, 7) is 14.2. The highest BCUT2D eigenvalue weighted by Crippen LogP contribution is 2.49. The van der Waals surface area contributed by atoms with Crippen LogP contribution in [-0.4, -0.2) is 71.5 Å². The van der Waals surface area contributed by atoms with Crippen LogP contribution in [0.3, 0.4) is 0 Å². The molecule has 0 aliphatic carbocycles. The first-order valence-corrected chi connectivity index (χ1v) is 19.2. The van der Waals surface area contributed by atoms with Gasteiger partial charge in [-0.3, -0.25) is 4.79 Å². The second kappa shape index (κ2) is 16.9. The average Bonchev–Trinajstić information content (AvgIpc) is 3.13. The number of nitrogens with zero attached hydrogens (tertiary/aromatic N) is 3. The van der Waals surface area contributed by atoms with Gasteiger partial charge in [0.25, 0.3) is 0 Å². The molecule has 0 N–H and O–H groups in total. The smallest absolute Gasteiger partial charge is 0.410 e. The van der Waals surface area contributed by atoms with Gasteiger partial charge < -0.3 is 33.3 Å². The Balaban J connectivity index is 1.76. The van der Waals surface area contributed by atoms with E-state index >= 15 is 0 Å². The fraction of sp³-hybridized carbons (Fsp3) is 0.548. The fourth-order valence-corrected chi connectivity index (χ4v) is 7.20. The molecule has 2 atom stereocenters. The van der Waals surface area contributed by atoms with Gasteiger partial charge in [-0.25, -0.2) is 9.59 Å². The first-order chi connectivity index (χ1) is 25.0. The summed E-state index contributed by atoms with van der Waals surface area (Å²) in [5, 5.41) is 2.80. The van der Waals surface area contributed by atoms with Crippen LogP contribution in [0.25, 0.3) is 32.6 Å². The van der Waals surface area contributed by atoms with Crippen molar-refractivity contribution < 1.29 is 28.5 Å². The number of unbranched alkanes of at least 4 members (excludes halogenated alkanes) is 4. The Kier molecular flexibility index (Phi) is 12.6. The highest BCUT2D eigenvalue weighted by Gasteiger charge is 2.51. The van der Waals surface area contributed by atoms with E-state index in [1.54, 1.807) is 15.9 Å². The van der Waals surface area contributed by atoms with Crippen LogP contribution in [0.5, 0.6) is 11.5 Å². The number of ether oxygens (including phenoxy) is 4. The van der Waals surface area contributed by atoms with Crippen molar-refractivity contribution in [3.8, 4) is 11.5 Å². The van der Waals surface area contributed by atoms with Crippen molar-refractivity contribution >= 4 is 44.8 Å². The summed E-state index contributed by atoms with van der Waals surface area (Å²) in [5.74, 6) is 0.746. The van der Waals surface area contributed by atoms with Gasteiger partial charge in [0.05, 0.1) is 29.1 Å². The first kappa shape index (κ1) is 38.8. The SMILES string of the molecule is CCCCN(CCCC)C(=O)OC1c2c(cc(OC)c3c(=O)c4cc5ccccc5cc4n(C)c23)OC(C)(C)C1OC(=O)N(CCCC)CCCC. The molecule has 282 valence electrons. The minimum atomic E-state index is -1.13. The number of aromatic nitrogens is 1. The van der Waals surface area contributed by atoms with Gasteiger partial charge >= 0.3 is 12.2 Å². The molecule has 2 amide bonds. The Morgan fingerprint density at radius 3 is 1.85 bits per heavy atom. The van der Waals surface area contributed by atoms with Crippen molar-refractivity contribution in [1.82, 2.24) is 14.4 Å². The van der Waals surface area contributed by atoms with Gasteiger partial charge in [-0.1, -0.05) is 77.6 Å². The van der Waals surface area contributed by atoms with Crippen molar-refractivity contribution in [3.05, 3.63) is 58.3 Å². The van der Waals surface area contributed by atoms with Gasteiger partial charge in [0.15, 0.2) is 12.2 Å². The monoisotopic (exact) mass is 715 g/mol. The Morgan fingerprint density at radius 2 is 1.33 bits per heavy atom. The molecular weight excluding hydrogens is 658 g/mol. The molecule has 5 rings (SSSR count). The summed E-state index contributed by atoms with van der Waals surface area (Å²) >= 11 is 0. The number of benzene rings is 3. The van der Waals surface area contributed by atoms with E-state index in [9.17, 15) is 14.4 Å². The van der Waals surface area contributed by atoms with Crippen LogP contribution in [0.15, 0.2) is 47.3 Å². The lowest BCUT2D eigenvalue weighted by molar-refractivity contribution is -0.125. The number of carbonyl (C=O) groups is 2. The number of hydrogen-bond acceptors (Lipinski definition) is 7. The number of carbonyl (C=O) groups excluding carboxylic acids is 2. The number of hydrogen-bond donors (Lipinski definition) is 0. The number of fused-ring (bicyclic) bond motifs is 5. The molecule has 0 spiro atoms. The number of aryl methyl sites for hydroxylation is 1. The lowest BCUT2D eigenvalue weighted by Crippen LogP contribution is -2.54. The average molecular weight is 716 g/mol. The van der Waals surface area contributed by atoms with E-state index in [2.05, 4.69) is 27.7 Å². The van der Waals surface area contributed by atoms with Crippen LogP contribution >= 0.6 is 0 Å². The lowest BCUT2D eigenvalue weighted by atomic mass is 9.86. The van der Waals surface area contributed by atoms with Gasteiger partial charge in [0.2, 0.25) is 5.43 Å². The second-order valence-electron chi connectivity index (χ2n) is 14.5. The molecule has 0 bridgehead atoms. The Morgan fingerprint density at radius 1 is 0.808 bits per heavy atom. The third-order valence-corrected chi connectivity index (χ3v) is 10.2. The molecule has 0 radical (unpaired) electrons. The molecule has 1 aromatic heterocycles. The number of amides is 2. The molecule has 0 saturated carbocycles. The quantitative estimate of drug-likeness (QED) is 0.113. The summed E-state index contributed by atoms with van der Waals surface area (Å²) in [6, 6.07) is 13.5. The Hall–Kier alpha value is -4.47. The van der Waals surface area contributed by atoms with E-state index in [1.165, 1.54) is 7.11 Å². The zero-order chi connectivity index (χ0) is 37.6. The Bertz CT molecular complexity index is 1940. The van der Waals surface area contributed by atoms with Crippen LogP contribution in [0, 0.1) is 0 Å². The molecule has 0 fully saturated rings. The minimum absolute atomic E-state index is 0.213. The number of pyridine rings is 1. The normalized spacial score (nSPS) is 16.4. The zero-order valence-corrected chi connectivity index (χ0v) is 32.4. The first-order valence-electron chi connectivity index (χ1n) is 19.2. The number of rotatable bonds is 15. The predicted molar refractivity (Wildman–Crippen MR) is 208 cm³/mol. The van der Waals surface area contributed by atoms with Gasteiger partial charge in [-0.05, 0) is 62.4 Å². The molecule has 52 heavy (non-hydrogen) atoms. The second-order valence-corrected chi connectivity index (χ2v) is 14.5. The molecule has 1 aliphatic heterocycles. The van der Waals surface area contributed by atoms with E-state index in [1.807, 2.05) is 61.9 Å². The van der Waals surface area contributed by atoms with Crippen molar-refractivity contribution in [2.45, 2.75) is 111 Å². The number of methoxy groups -OCH3 is 1. The molecule has 4 aromatic rings. The van der Waals surface area contributed by atoms with Crippen molar-refractivity contribution in [2.24, 2.45) is 7.05 Å². The third kappa shape index (κ3) is 7.81. The van der Waals surface area contributed by atoms with E-state index in [0.29, 0.717) is 65.0 Å². The van der Waals surface area contributed by atoms with Crippen LogP contribution in [0.1, 0.15) is 105 Å². The van der Waals surface area contributed by atoms with E-state index < -0.39 is 30.0 Å². The van der Waals surface area contributed by atoms with Crippen LogP contribution in [-0.2, 0) is 16.5 Å². The zero-order valence-electron chi connectivity index (χ0n) is 32.4. The lowest BCUT2D eigenvalue weighted by Gasteiger charge is -2.44. The summed E-state index contributed by atoms with van der Waals surface area (Å²) in [4.78, 5) is 46.4. The molecule has 10 heteroatoms.